The molecule has 0 bridgehead atoms. The number of furan rings is 1. The molecule has 5 rings (SSSR count). The van der Waals surface area contributed by atoms with E-state index in [4.69, 9.17) is 44.6 Å². The SMILES string of the molecule is O=C(COc1ccc(/C=C2\SC(=S)N(Cc3ccco3)C2=O)cc1)Nc1ncc(Cc2cc(Cl)cc(Cl)c2)s1. The first-order valence-electron chi connectivity index (χ1n) is 11.5. The Bertz CT molecular complexity index is 1530. The van der Waals surface area contributed by atoms with Gasteiger partial charge >= 0.3 is 0 Å². The van der Waals surface area contributed by atoms with Crippen LogP contribution in [0.5, 0.6) is 5.75 Å². The maximum absolute atomic E-state index is 12.8. The van der Waals surface area contributed by atoms with Gasteiger partial charge in [0.25, 0.3) is 11.8 Å². The first kappa shape index (κ1) is 27.4. The first-order chi connectivity index (χ1) is 18.8. The van der Waals surface area contributed by atoms with Crippen LogP contribution in [-0.2, 0) is 22.6 Å². The molecule has 2 amide bonds. The predicted molar refractivity (Wildman–Crippen MR) is 159 cm³/mol. The van der Waals surface area contributed by atoms with Gasteiger partial charge in [-0.1, -0.05) is 59.3 Å². The van der Waals surface area contributed by atoms with Crippen molar-refractivity contribution in [1.82, 2.24) is 9.88 Å². The topological polar surface area (TPSA) is 84.7 Å². The number of nitrogens with zero attached hydrogens (tertiary/aromatic N) is 2. The highest BCUT2D eigenvalue weighted by Crippen LogP contribution is 2.34. The molecule has 0 saturated carbocycles. The molecule has 1 aliphatic heterocycles. The molecule has 39 heavy (non-hydrogen) atoms. The average Bonchev–Trinajstić information content (AvgIpc) is 3.62. The number of halogens is 2. The van der Waals surface area contributed by atoms with Crippen LogP contribution in [0, 0.1) is 0 Å². The van der Waals surface area contributed by atoms with Gasteiger partial charge in [0.1, 0.15) is 15.8 Å². The van der Waals surface area contributed by atoms with Crippen molar-refractivity contribution in [3.8, 4) is 5.75 Å². The van der Waals surface area contributed by atoms with E-state index >= 15 is 0 Å². The number of hydrogen-bond acceptors (Lipinski definition) is 8. The molecule has 7 nitrogen and oxygen atoms in total. The lowest BCUT2D eigenvalue weighted by atomic mass is 10.1. The van der Waals surface area contributed by atoms with Crippen LogP contribution < -0.4 is 10.1 Å². The Hall–Kier alpha value is -3.15. The van der Waals surface area contributed by atoms with Crippen molar-refractivity contribution in [2.75, 3.05) is 11.9 Å². The highest BCUT2D eigenvalue weighted by atomic mass is 35.5. The van der Waals surface area contributed by atoms with Gasteiger partial charge in [-0.2, -0.15) is 0 Å². The van der Waals surface area contributed by atoms with Crippen LogP contribution in [0.1, 0.15) is 21.8 Å². The molecule has 2 aromatic heterocycles. The summed E-state index contributed by atoms with van der Waals surface area (Å²) >= 11 is 20.1. The van der Waals surface area contributed by atoms with Gasteiger partial charge in [-0.05, 0) is 59.7 Å². The average molecular weight is 617 g/mol. The normalized spacial score (nSPS) is 14.3. The van der Waals surface area contributed by atoms with Crippen LogP contribution >= 0.6 is 58.5 Å². The summed E-state index contributed by atoms with van der Waals surface area (Å²) in [7, 11) is 0. The second-order valence-electron chi connectivity index (χ2n) is 8.34. The third-order valence-corrected chi connectivity index (χ3v) is 8.14. The third-order valence-electron chi connectivity index (χ3n) is 5.42. The number of carbonyl (C=O) groups excluding carboxylic acids is 2. The van der Waals surface area contributed by atoms with Crippen molar-refractivity contribution in [3.05, 3.63) is 104 Å². The van der Waals surface area contributed by atoms with E-state index < -0.39 is 0 Å². The number of thioether (sulfide) groups is 1. The predicted octanol–water partition coefficient (Wildman–Crippen LogP) is 7.05. The summed E-state index contributed by atoms with van der Waals surface area (Å²) in [6.07, 6.45) is 5.64. The second-order valence-corrected chi connectivity index (χ2v) is 12.0. The number of aromatic nitrogens is 1. The fraction of sp³-hybridized carbons (Fsp3) is 0.111. The second kappa shape index (κ2) is 12.4. The highest BCUT2D eigenvalue weighted by molar-refractivity contribution is 8.26. The van der Waals surface area contributed by atoms with Crippen molar-refractivity contribution >= 4 is 85.9 Å². The zero-order valence-electron chi connectivity index (χ0n) is 20.1. The molecule has 3 heterocycles. The third kappa shape index (κ3) is 7.28. The minimum atomic E-state index is -0.328. The molecule has 0 aliphatic carbocycles. The number of anilines is 1. The molecule has 4 aromatic rings. The maximum atomic E-state index is 12.8. The molecule has 12 heteroatoms. The van der Waals surface area contributed by atoms with Crippen molar-refractivity contribution in [3.63, 3.8) is 0 Å². The number of hydrogen-bond donors (Lipinski definition) is 1. The van der Waals surface area contributed by atoms with Crippen molar-refractivity contribution < 1.29 is 18.7 Å². The van der Waals surface area contributed by atoms with Gasteiger partial charge in [0, 0.05) is 27.5 Å². The van der Waals surface area contributed by atoms with Crippen molar-refractivity contribution in [2.45, 2.75) is 13.0 Å². The van der Waals surface area contributed by atoms with Crippen molar-refractivity contribution in [2.24, 2.45) is 0 Å². The summed E-state index contributed by atoms with van der Waals surface area (Å²) in [6.45, 7) is 0.118. The van der Waals surface area contributed by atoms with Crippen LogP contribution in [0.15, 0.2) is 76.4 Å². The molecule has 1 fully saturated rings. The fourth-order valence-corrected chi connectivity index (χ4v) is 6.36. The van der Waals surface area contributed by atoms with Crippen LogP contribution in [0.25, 0.3) is 6.08 Å². The molecular weight excluding hydrogens is 597 g/mol. The Balaban J connectivity index is 1.12. The quantitative estimate of drug-likeness (QED) is 0.159. The Labute approximate surface area is 247 Å². The van der Waals surface area contributed by atoms with E-state index in [2.05, 4.69) is 10.3 Å². The Morgan fingerprint density at radius 2 is 1.92 bits per heavy atom. The zero-order chi connectivity index (χ0) is 27.4. The fourth-order valence-electron chi connectivity index (χ4n) is 3.67. The van der Waals surface area contributed by atoms with Gasteiger partial charge in [-0.3, -0.25) is 19.8 Å². The van der Waals surface area contributed by atoms with E-state index in [0.29, 0.717) is 48.9 Å². The summed E-state index contributed by atoms with van der Waals surface area (Å²) in [5.74, 6) is 0.688. The number of ether oxygens (including phenoxy) is 1. The number of benzene rings is 2. The van der Waals surface area contributed by atoms with E-state index in [-0.39, 0.29) is 18.4 Å². The summed E-state index contributed by atoms with van der Waals surface area (Å²) < 4.78 is 11.4. The van der Waals surface area contributed by atoms with Crippen molar-refractivity contribution in [1.29, 1.82) is 0 Å². The standard InChI is InChI=1S/C27H19Cl2N3O4S3/c28-18-8-17(9-19(29)12-18)10-22-13-30-26(38-22)31-24(33)15-36-20-5-3-16(4-6-20)11-23-25(34)32(27(37)39-23)14-21-2-1-7-35-21/h1-9,11-13H,10,14-15H2,(H,30,31,33)/b23-11-. The van der Waals surface area contributed by atoms with Gasteiger partial charge in [0.15, 0.2) is 11.7 Å². The largest absolute Gasteiger partial charge is 0.484 e. The molecule has 1 N–H and O–H groups in total. The first-order valence-corrected chi connectivity index (χ1v) is 14.3. The number of nitrogens with one attached hydrogen (secondary N) is 1. The van der Waals surface area contributed by atoms with Crippen LogP contribution in [0.2, 0.25) is 10.0 Å². The summed E-state index contributed by atoms with van der Waals surface area (Å²) in [4.78, 5) is 32.4. The zero-order valence-corrected chi connectivity index (χ0v) is 24.0. The van der Waals surface area contributed by atoms with Crippen LogP contribution in [0.3, 0.4) is 0 Å². The summed E-state index contributed by atoms with van der Waals surface area (Å²) in [5.41, 5.74) is 1.77. The Morgan fingerprint density at radius 1 is 1.15 bits per heavy atom. The van der Waals surface area contributed by atoms with E-state index in [0.717, 1.165) is 16.0 Å². The number of carbonyl (C=O) groups is 2. The smallest absolute Gasteiger partial charge is 0.266 e. The van der Waals surface area contributed by atoms with Gasteiger partial charge in [0.05, 0.1) is 17.7 Å². The Kier molecular flexibility index (Phi) is 8.69. The molecule has 0 unspecified atom stereocenters. The van der Waals surface area contributed by atoms with E-state index in [1.807, 2.05) is 24.3 Å². The van der Waals surface area contributed by atoms with Gasteiger partial charge < -0.3 is 9.15 Å². The van der Waals surface area contributed by atoms with Crippen LogP contribution in [0.4, 0.5) is 5.13 Å². The lowest BCUT2D eigenvalue weighted by Gasteiger charge is -2.11. The number of amides is 2. The lowest BCUT2D eigenvalue weighted by Crippen LogP contribution is -2.27. The summed E-state index contributed by atoms with van der Waals surface area (Å²) in [5, 5.41) is 4.36. The molecule has 1 aliphatic rings. The molecule has 198 valence electrons. The molecule has 2 aromatic carbocycles. The molecule has 0 spiro atoms. The molecule has 0 atom stereocenters. The number of rotatable bonds is 9. The lowest BCUT2D eigenvalue weighted by molar-refractivity contribution is -0.122. The minimum Gasteiger partial charge on any atom is -0.484 e. The van der Waals surface area contributed by atoms with Gasteiger partial charge in [0.2, 0.25) is 0 Å². The minimum absolute atomic E-state index is 0.167. The monoisotopic (exact) mass is 615 g/mol. The Morgan fingerprint density at radius 3 is 2.64 bits per heavy atom. The van der Waals surface area contributed by atoms with Crippen LogP contribution in [-0.4, -0.2) is 32.6 Å². The molecule has 1 saturated heterocycles. The van der Waals surface area contributed by atoms with Gasteiger partial charge in [-0.25, -0.2) is 4.98 Å². The number of thiazole rings is 1. The van der Waals surface area contributed by atoms with E-state index in [1.165, 1.54) is 28.0 Å². The summed E-state index contributed by atoms with van der Waals surface area (Å²) in [6, 6.07) is 16.0. The number of thiocarbonyl (C=S) groups is 1. The highest BCUT2D eigenvalue weighted by Gasteiger charge is 2.32. The molecule has 0 radical (unpaired) electrons. The van der Waals surface area contributed by atoms with E-state index in [9.17, 15) is 9.59 Å². The van der Waals surface area contributed by atoms with Gasteiger partial charge in [-0.15, -0.1) is 11.3 Å². The van der Waals surface area contributed by atoms with E-state index in [1.54, 1.807) is 48.9 Å². The molecular formula is C27H19Cl2N3O4S3. The maximum Gasteiger partial charge on any atom is 0.266 e.